The molecule has 1 heterocycles. The minimum atomic E-state index is -1.46. The number of para-hydroxylation sites is 1. The maximum absolute atomic E-state index is 13.8. The number of amides is 2. The molecule has 1 aliphatic rings. The first kappa shape index (κ1) is 18.0. The third-order valence-electron chi connectivity index (χ3n) is 4.72. The number of fused-ring (bicyclic) bond motifs is 1. The molecule has 2 aromatic carbocycles. The molecule has 0 unspecified atom stereocenters. The van der Waals surface area contributed by atoms with Gasteiger partial charge in [0, 0.05) is 13.1 Å². The molecule has 0 atom stereocenters. The molecular weight excluding hydrogens is 338 g/mol. The second kappa shape index (κ2) is 6.86. The maximum atomic E-state index is 13.8. The predicted octanol–water partition coefficient (Wildman–Crippen LogP) is 3.51. The molecule has 4 nitrogen and oxygen atoms in total. The van der Waals surface area contributed by atoms with Crippen LogP contribution < -0.4 is 5.32 Å². The topological polar surface area (TPSA) is 49.4 Å². The minimum absolute atomic E-state index is 0.374. The summed E-state index contributed by atoms with van der Waals surface area (Å²) in [7, 11) is 0. The summed E-state index contributed by atoms with van der Waals surface area (Å²) in [6.45, 7) is 3.84. The highest BCUT2D eigenvalue weighted by molar-refractivity contribution is 6.10. The zero-order chi connectivity index (χ0) is 18.9. The normalized spacial score (nSPS) is 13.9. The van der Waals surface area contributed by atoms with Gasteiger partial charge in [0.15, 0.2) is 0 Å². The van der Waals surface area contributed by atoms with Crippen molar-refractivity contribution in [1.82, 2.24) is 4.90 Å². The monoisotopic (exact) mass is 358 g/mol. The molecule has 0 radical (unpaired) electrons. The van der Waals surface area contributed by atoms with Gasteiger partial charge in [0.25, 0.3) is 0 Å². The van der Waals surface area contributed by atoms with Gasteiger partial charge in [-0.3, -0.25) is 9.59 Å². The summed E-state index contributed by atoms with van der Waals surface area (Å²) >= 11 is 0. The number of nitrogens with zero attached hydrogens (tertiary/aromatic N) is 1. The van der Waals surface area contributed by atoms with Crippen molar-refractivity contribution in [3.05, 3.63) is 65.2 Å². The molecule has 3 rings (SSSR count). The van der Waals surface area contributed by atoms with E-state index in [1.165, 1.54) is 25.5 Å². The Balaban J connectivity index is 1.77. The van der Waals surface area contributed by atoms with Crippen molar-refractivity contribution in [3.63, 3.8) is 0 Å². The van der Waals surface area contributed by atoms with Crippen LogP contribution in [0.3, 0.4) is 0 Å². The lowest BCUT2D eigenvalue weighted by Crippen LogP contribution is -2.49. The number of hydrogen-bond donors (Lipinski definition) is 1. The summed E-state index contributed by atoms with van der Waals surface area (Å²) in [5.74, 6) is -2.88. The Morgan fingerprint density at radius 3 is 2.27 bits per heavy atom. The zero-order valence-electron chi connectivity index (χ0n) is 14.7. The van der Waals surface area contributed by atoms with Crippen LogP contribution in [0.1, 0.15) is 25.0 Å². The number of carbonyl (C=O) groups excluding carboxylic acids is 2. The van der Waals surface area contributed by atoms with E-state index in [2.05, 4.69) is 5.32 Å². The van der Waals surface area contributed by atoms with Crippen LogP contribution in [0, 0.1) is 17.0 Å². The van der Waals surface area contributed by atoms with Crippen LogP contribution in [0.5, 0.6) is 0 Å². The number of hydrogen-bond acceptors (Lipinski definition) is 2. The van der Waals surface area contributed by atoms with E-state index in [1.807, 2.05) is 24.3 Å². The van der Waals surface area contributed by atoms with E-state index in [-0.39, 0.29) is 5.91 Å². The molecule has 0 aromatic heterocycles. The Bertz CT molecular complexity index is 844. The third kappa shape index (κ3) is 3.31. The molecule has 2 amide bonds. The second-order valence-electron chi connectivity index (χ2n) is 6.92. The van der Waals surface area contributed by atoms with Crippen molar-refractivity contribution in [3.8, 4) is 0 Å². The molecule has 0 saturated heterocycles. The summed E-state index contributed by atoms with van der Waals surface area (Å²) in [5.41, 5.74) is 0.235. The second-order valence-corrected chi connectivity index (χ2v) is 6.92. The van der Waals surface area contributed by atoms with Crippen LogP contribution in [-0.4, -0.2) is 23.3 Å². The fourth-order valence-electron chi connectivity index (χ4n) is 3.05. The highest BCUT2D eigenvalue weighted by Crippen LogP contribution is 2.27. The van der Waals surface area contributed by atoms with Gasteiger partial charge in [-0.2, -0.15) is 0 Å². The molecule has 0 fully saturated rings. The lowest BCUT2D eigenvalue weighted by atomic mass is 9.88. The van der Waals surface area contributed by atoms with Gasteiger partial charge in [-0.05, 0) is 43.5 Å². The molecular formula is C20H20F2N2O2. The first-order chi connectivity index (χ1) is 12.3. The molecule has 1 N–H and O–H groups in total. The first-order valence-corrected chi connectivity index (χ1v) is 8.42. The van der Waals surface area contributed by atoms with Crippen LogP contribution in [0.2, 0.25) is 0 Å². The minimum Gasteiger partial charge on any atom is -0.337 e. The fraction of sp³-hybridized carbons (Fsp3) is 0.300. The van der Waals surface area contributed by atoms with E-state index >= 15 is 0 Å². The number of carbonyl (C=O) groups is 2. The number of rotatable bonds is 3. The van der Waals surface area contributed by atoms with Crippen molar-refractivity contribution in [2.45, 2.75) is 26.8 Å². The summed E-state index contributed by atoms with van der Waals surface area (Å²) < 4.78 is 27.5. The number of nitrogens with one attached hydrogen (secondary N) is 1. The van der Waals surface area contributed by atoms with Crippen LogP contribution >= 0.6 is 0 Å². The summed E-state index contributed by atoms with van der Waals surface area (Å²) in [4.78, 5) is 27.1. The third-order valence-corrected chi connectivity index (χ3v) is 4.72. The van der Waals surface area contributed by atoms with Crippen molar-refractivity contribution >= 4 is 17.5 Å². The zero-order valence-corrected chi connectivity index (χ0v) is 14.7. The molecule has 26 heavy (non-hydrogen) atoms. The van der Waals surface area contributed by atoms with Gasteiger partial charge in [-0.15, -0.1) is 0 Å². The van der Waals surface area contributed by atoms with Crippen LogP contribution in [0.25, 0.3) is 0 Å². The molecule has 0 saturated carbocycles. The van der Waals surface area contributed by atoms with E-state index in [9.17, 15) is 18.4 Å². The average molecular weight is 358 g/mol. The number of benzene rings is 2. The molecule has 136 valence electrons. The van der Waals surface area contributed by atoms with E-state index in [1.54, 1.807) is 4.90 Å². The molecule has 0 spiro atoms. The van der Waals surface area contributed by atoms with Gasteiger partial charge in [-0.1, -0.05) is 30.3 Å². The predicted molar refractivity (Wildman–Crippen MR) is 94.3 cm³/mol. The Hall–Kier alpha value is -2.76. The smallest absolute Gasteiger partial charge is 0.239 e. The van der Waals surface area contributed by atoms with Gasteiger partial charge in [0.2, 0.25) is 11.8 Å². The van der Waals surface area contributed by atoms with E-state index in [0.717, 1.165) is 17.7 Å². The Morgan fingerprint density at radius 2 is 1.62 bits per heavy atom. The van der Waals surface area contributed by atoms with Crippen LogP contribution in [0.4, 0.5) is 14.5 Å². The largest absolute Gasteiger partial charge is 0.337 e. The number of anilines is 1. The summed E-state index contributed by atoms with van der Waals surface area (Å²) in [6, 6.07) is 11.2. The Kier molecular flexibility index (Phi) is 4.76. The Labute approximate surface area is 150 Å². The van der Waals surface area contributed by atoms with E-state index in [4.69, 9.17) is 0 Å². The number of halogens is 2. The highest BCUT2D eigenvalue weighted by atomic mass is 19.1. The molecule has 6 heteroatoms. The molecule has 2 aromatic rings. The van der Waals surface area contributed by atoms with Gasteiger partial charge in [-0.25, -0.2) is 8.78 Å². The SMILES string of the molecule is CC(C)(C(=O)Nc1c(F)cccc1F)C(=O)N1CCc2ccccc2C1. The van der Waals surface area contributed by atoms with Crippen molar-refractivity contribution in [2.75, 3.05) is 11.9 Å². The summed E-state index contributed by atoms with van der Waals surface area (Å²) in [6.07, 6.45) is 0.710. The standard InChI is InChI=1S/C20H20F2N2O2/c1-20(2,18(25)23-17-15(21)8-5-9-16(17)22)19(26)24-11-10-13-6-3-4-7-14(13)12-24/h3-9H,10-12H2,1-2H3,(H,23,25). The maximum Gasteiger partial charge on any atom is 0.239 e. The average Bonchev–Trinajstić information content (AvgIpc) is 2.63. The molecule has 0 aliphatic carbocycles. The first-order valence-electron chi connectivity index (χ1n) is 8.42. The fourth-order valence-corrected chi connectivity index (χ4v) is 3.05. The summed E-state index contributed by atoms with van der Waals surface area (Å²) in [5, 5.41) is 2.22. The van der Waals surface area contributed by atoms with Gasteiger partial charge >= 0.3 is 0 Å². The van der Waals surface area contributed by atoms with Gasteiger partial charge < -0.3 is 10.2 Å². The van der Waals surface area contributed by atoms with E-state index < -0.39 is 28.6 Å². The van der Waals surface area contributed by atoms with Crippen molar-refractivity contribution < 1.29 is 18.4 Å². The highest BCUT2D eigenvalue weighted by Gasteiger charge is 2.40. The molecule has 1 aliphatic heterocycles. The quantitative estimate of drug-likeness (QED) is 0.854. The van der Waals surface area contributed by atoms with Crippen molar-refractivity contribution in [1.29, 1.82) is 0 Å². The van der Waals surface area contributed by atoms with Crippen LogP contribution in [0.15, 0.2) is 42.5 Å². The van der Waals surface area contributed by atoms with E-state index in [0.29, 0.717) is 19.5 Å². The lowest BCUT2D eigenvalue weighted by Gasteiger charge is -2.34. The van der Waals surface area contributed by atoms with Crippen molar-refractivity contribution in [2.24, 2.45) is 5.41 Å². The van der Waals surface area contributed by atoms with Gasteiger partial charge in [0.05, 0.1) is 0 Å². The molecule has 0 bridgehead atoms. The lowest BCUT2D eigenvalue weighted by molar-refractivity contribution is -0.147. The van der Waals surface area contributed by atoms with Gasteiger partial charge in [0.1, 0.15) is 22.7 Å². The Morgan fingerprint density at radius 1 is 1.00 bits per heavy atom. The van der Waals surface area contributed by atoms with Crippen LogP contribution in [-0.2, 0) is 22.6 Å².